The number of carbonyl (C=O) groups is 1. The first-order chi connectivity index (χ1) is 13.0. The van der Waals surface area contributed by atoms with Crippen molar-refractivity contribution in [2.45, 2.75) is 71.4 Å². The van der Waals surface area contributed by atoms with Gasteiger partial charge in [0.15, 0.2) is 0 Å². The van der Waals surface area contributed by atoms with Crippen LogP contribution in [0.2, 0.25) is 0 Å². The van der Waals surface area contributed by atoms with Gasteiger partial charge < -0.3 is 14.5 Å². The lowest BCUT2D eigenvalue weighted by Crippen LogP contribution is -2.49. The largest absolute Gasteiger partial charge is 0.443 e. The van der Waals surface area contributed by atoms with Gasteiger partial charge >= 0.3 is 19.8 Å². The van der Waals surface area contributed by atoms with Crippen molar-refractivity contribution in [2.75, 3.05) is 0 Å². The summed E-state index contributed by atoms with van der Waals surface area (Å²) in [6, 6.07) is 5.99. The van der Waals surface area contributed by atoms with Gasteiger partial charge in [-0.05, 0) is 65.4 Å². The average Bonchev–Trinajstić information content (AvgIpc) is 2.85. The molecule has 1 aromatic heterocycles. The van der Waals surface area contributed by atoms with Crippen molar-refractivity contribution in [3.8, 4) is 0 Å². The summed E-state index contributed by atoms with van der Waals surface area (Å²) in [6.45, 7) is 10.8. The Morgan fingerprint density at radius 2 is 1.59 bits per heavy atom. The highest BCUT2D eigenvalue weighted by atomic mass is 19.4. The maximum atomic E-state index is 14.0. The Morgan fingerprint density at radius 1 is 1.03 bits per heavy atom. The van der Waals surface area contributed by atoms with E-state index in [1.54, 1.807) is 40.7 Å². The number of halogens is 3. The fraction of sp³-hybridized carbons (Fsp3) is 0.550. The molecular formula is C20H26BF3NO4. The summed E-state index contributed by atoms with van der Waals surface area (Å²) in [6.07, 6.45) is -5.99. The molecule has 0 saturated carbocycles. The van der Waals surface area contributed by atoms with Crippen LogP contribution in [0.4, 0.5) is 18.0 Å². The summed E-state index contributed by atoms with van der Waals surface area (Å²) in [5, 5.41) is 10.4. The number of nitrogens with zero attached hydrogens (tertiary/aromatic N) is 1. The van der Waals surface area contributed by atoms with Gasteiger partial charge in [0.05, 0.1) is 16.7 Å². The predicted molar refractivity (Wildman–Crippen MR) is 105 cm³/mol. The van der Waals surface area contributed by atoms with Crippen molar-refractivity contribution in [1.29, 1.82) is 0 Å². The minimum Gasteiger partial charge on any atom is -0.443 e. The number of ether oxygens (including phenoxy) is 1. The van der Waals surface area contributed by atoms with Crippen LogP contribution in [0.3, 0.4) is 0 Å². The van der Waals surface area contributed by atoms with Gasteiger partial charge in [-0.3, -0.25) is 0 Å². The summed E-state index contributed by atoms with van der Waals surface area (Å²) in [4.78, 5) is 12.7. The Morgan fingerprint density at radius 3 is 2.07 bits per heavy atom. The zero-order valence-corrected chi connectivity index (χ0v) is 17.6. The van der Waals surface area contributed by atoms with Crippen LogP contribution in [-0.2, 0) is 15.6 Å². The maximum absolute atomic E-state index is 14.0. The second-order valence-electron chi connectivity index (χ2n) is 8.90. The molecular weight excluding hydrogens is 386 g/mol. The number of aromatic nitrogens is 1. The third-order valence-electron chi connectivity index (χ3n) is 4.70. The lowest BCUT2D eigenvalue weighted by molar-refractivity contribution is -0.142. The zero-order chi connectivity index (χ0) is 22.4. The van der Waals surface area contributed by atoms with E-state index in [4.69, 9.17) is 9.39 Å². The van der Waals surface area contributed by atoms with Crippen LogP contribution in [0.5, 0.6) is 0 Å². The van der Waals surface area contributed by atoms with Gasteiger partial charge in [0.2, 0.25) is 0 Å². The molecule has 5 nitrogen and oxygen atoms in total. The normalized spacial score (nSPS) is 13.6. The highest BCUT2D eigenvalue weighted by Crippen LogP contribution is 2.34. The van der Waals surface area contributed by atoms with Crippen LogP contribution in [0.25, 0.3) is 10.9 Å². The highest BCUT2D eigenvalue weighted by Gasteiger charge is 2.43. The summed E-state index contributed by atoms with van der Waals surface area (Å²) in [5.41, 5.74) is -4.95. The number of rotatable bonds is 4. The van der Waals surface area contributed by atoms with E-state index in [9.17, 15) is 23.1 Å². The summed E-state index contributed by atoms with van der Waals surface area (Å²) in [7, 11) is 0.948. The topological polar surface area (TPSA) is 60.7 Å². The first-order valence-corrected chi connectivity index (χ1v) is 9.13. The maximum Gasteiger partial charge on any atom is 0.431 e. The standard InChI is InChI=1S/C20H26BF3NO4/c1-17(2,3)28-16(26)25-13-11-9-8-10-12(13)14(15(25)20(22,23)24)21-29-19(6,7)18(4,5)27/h8-11,27H,1-7H3. The molecule has 0 saturated heterocycles. The van der Waals surface area contributed by atoms with Gasteiger partial charge in [-0.1, -0.05) is 18.2 Å². The van der Waals surface area contributed by atoms with Crippen molar-refractivity contribution >= 4 is 29.9 Å². The number of carbonyl (C=O) groups excluding carboxylic acids is 1. The van der Waals surface area contributed by atoms with Gasteiger partial charge in [0.25, 0.3) is 0 Å². The highest BCUT2D eigenvalue weighted by molar-refractivity contribution is 6.52. The quantitative estimate of drug-likeness (QED) is 0.763. The average molecular weight is 412 g/mol. The van der Waals surface area contributed by atoms with Gasteiger partial charge in [-0.25, -0.2) is 9.36 Å². The molecule has 0 spiro atoms. The monoisotopic (exact) mass is 412 g/mol. The number of benzene rings is 1. The second kappa shape index (κ2) is 7.36. The van der Waals surface area contributed by atoms with Crippen LogP contribution in [0.1, 0.15) is 54.2 Å². The van der Waals surface area contributed by atoms with Crippen molar-refractivity contribution in [1.82, 2.24) is 4.57 Å². The Balaban J connectivity index is 2.68. The van der Waals surface area contributed by atoms with E-state index >= 15 is 0 Å². The summed E-state index contributed by atoms with van der Waals surface area (Å²) >= 11 is 0. The van der Waals surface area contributed by atoms with E-state index in [1.807, 2.05) is 0 Å². The summed E-state index contributed by atoms with van der Waals surface area (Å²) < 4.78 is 53.4. The molecule has 2 rings (SSSR count). The predicted octanol–water partition coefficient (Wildman–Crippen LogP) is 4.25. The Labute approximate surface area is 169 Å². The fourth-order valence-corrected chi connectivity index (χ4v) is 2.51. The summed E-state index contributed by atoms with van der Waals surface area (Å²) in [5.74, 6) is 0. The lowest BCUT2D eigenvalue weighted by Gasteiger charge is -2.37. The van der Waals surface area contributed by atoms with Crippen LogP contribution in [0.15, 0.2) is 24.3 Å². The molecule has 2 aromatic rings. The second-order valence-corrected chi connectivity index (χ2v) is 8.90. The Bertz CT molecular complexity index is 905. The van der Waals surface area contributed by atoms with Crippen LogP contribution in [-0.4, -0.2) is 40.1 Å². The molecule has 29 heavy (non-hydrogen) atoms. The SMILES string of the molecule is CC(C)(C)OC(=O)n1c(C(F)(F)F)c([B]OC(C)(C)C(C)(C)O)c2ccccc21. The molecule has 0 bridgehead atoms. The van der Waals surface area contributed by atoms with Gasteiger partial charge in [0.1, 0.15) is 11.3 Å². The van der Waals surface area contributed by atoms with Crippen LogP contribution in [0, 0.1) is 0 Å². The van der Waals surface area contributed by atoms with E-state index in [0.29, 0.717) is 4.57 Å². The third kappa shape index (κ3) is 4.95. The molecule has 1 radical (unpaired) electrons. The molecule has 0 atom stereocenters. The molecule has 0 fully saturated rings. The fourth-order valence-electron chi connectivity index (χ4n) is 2.51. The van der Waals surface area contributed by atoms with Crippen molar-refractivity contribution in [3.05, 3.63) is 30.0 Å². The molecule has 0 aliphatic carbocycles. The molecule has 0 amide bonds. The van der Waals surface area contributed by atoms with Gasteiger partial charge in [-0.2, -0.15) is 13.2 Å². The van der Waals surface area contributed by atoms with E-state index in [0.717, 1.165) is 7.48 Å². The smallest absolute Gasteiger partial charge is 0.431 e. The van der Waals surface area contributed by atoms with E-state index < -0.39 is 34.8 Å². The Kier molecular flexibility index (Phi) is 5.91. The molecule has 1 heterocycles. The zero-order valence-electron chi connectivity index (χ0n) is 17.6. The number of fused-ring (bicyclic) bond motifs is 1. The van der Waals surface area contributed by atoms with E-state index in [1.165, 1.54) is 32.0 Å². The number of aliphatic hydroxyl groups is 1. The molecule has 159 valence electrons. The number of hydrogen-bond donors (Lipinski definition) is 1. The van der Waals surface area contributed by atoms with Crippen molar-refractivity contribution in [3.63, 3.8) is 0 Å². The molecule has 0 unspecified atom stereocenters. The van der Waals surface area contributed by atoms with Gasteiger partial charge in [0, 0.05) is 0 Å². The van der Waals surface area contributed by atoms with Crippen LogP contribution >= 0.6 is 0 Å². The molecule has 0 aliphatic rings. The molecule has 9 heteroatoms. The van der Waals surface area contributed by atoms with E-state index in [-0.39, 0.29) is 16.4 Å². The van der Waals surface area contributed by atoms with E-state index in [2.05, 4.69) is 0 Å². The molecule has 1 aromatic carbocycles. The lowest BCUT2D eigenvalue weighted by atomic mass is 9.81. The van der Waals surface area contributed by atoms with Crippen molar-refractivity contribution in [2.24, 2.45) is 0 Å². The first kappa shape index (κ1) is 23.3. The molecule has 1 N–H and O–H groups in total. The first-order valence-electron chi connectivity index (χ1n) is 9.13. The number of hydrogen-bond acceptors (Lipinski definition) is 4. The van der Waals surface area contributed by atoms with Gasteiger partial charge in [-0.15, -0.1) is 0 Å². The minimum atomic E-state index is -4.86. The molecule has 0 aliphatic heterocycles. The van der Waals surface area contributed by atoms with Crippen molar-refractivity contribution < 1.29 is 32.5 Å². The van der Waals surface area contributed by atoms with Crippen LogP contribution < -0.4 is 5.46 Å². The number of alkyl halides is 3. The third-order valence-corrected chi connectivity index (χ3v) is 4.70. The number of para-hydroxylation sites is 1. The minimum absolute atomic E-state index is 0.0463. The Hall–Kier alpha value is -2.00.